The van der Waals surface area contributed by atoms with Gasteiger partial charge < -0.3 is 4.42 Å². The first kappa shape index (κ1) is 12.3. The van der Waals surface area contributed by atoms with Gasteiger partial charge in [0.2, 0.25) is 0 Å². The molecular weight excluding hydrogens is 268 g/mol. The lowest BCUT2D eigenvalue weighted by Gasteiger charge is -1.99. The molecule has 8 heteroatoms. The van der Waals surface area contributed by atoms with Gasteiger partial charge in [-0.3, -0.25) is 4.98 Å². The molecular formula is C12H7F2N5O. The predicted molar refractivity (Wildman–Crippen MR) is 63.5 cm³/mol. The molecule has 0 unspecified atom stereocenters. The van der Waals surface area contributed by atoms with Crippen molar-refractivity contribution in [2.45, 2.75) is 6.43 Å². The van der Waals surface area contributed by atoms with Crippen LogP contribution in [0, 0.1) is 0 Å². The molecule has 0 saturated heterocycles. The number of aromatic nitrogens is 5. The van der Waals surface area contributed by atoms with Gasteiger partial charge in [0.15, 0.2) is 5.82 Å². The van der Waals surface area contributed by atoms with Gasteiger partial charge in [0.05, 0.1) is 5.56 Å². The number of nitrogens with zero attached hydrogens (tertiary/aromatic N) is 5. The van der Waals surface area contributed by atoms with Gasteiger partial charge in [-0.15, -0.1) is 10.2 Å². The Bertz CT molecular complexity index is 699. The number of halogens is 2. The first-order chi connectivity index (χ1) is 9.74. The Balaban J connectivity index is 1.89. The number of hydrogen-bond acceptors (Lipinski definition) is 6. The Labute approximate surface area is 111 Å². The minimum Gasteiger partial charge on any atom is -0.415 e. The fourth-order valence-electron chi connectivity index (χ4n) is 1.52. The van der Waals surface area contributed by atoms with E-state index in [9.17, 15) is 8.78 Å². The standard InChI is InChI=1S/C12H7F2N5O/c13-9(14)12-19-18-11(20-12)8-5-16-10(17-6-8)7-2-1-3-15-4-7/h1-6,9H. The van der Waals surface area contributed by atoms with Gasteiger partial charge in [-0.2, -0.15) is 8.78 Å². The maximum atomic E-state index is 12.3. The van der Waals surface area contributed by atoms with Gasteiger partial charge in [0, 0.05) is 30.4 Å². The van der Waals surface area contributed by atoms with Gasteiger partial charge in [-0.25, -0.2) is 9.97 Å². The van der Waals surface area contributed by atoms with Crippen LogP contribution in [0.15, 0.2) is 41.3 Å². The van der Waals surface area contributed by atoms with Crippen molar-refractivity contribution in [3.63, 3.8) is 0 Å². The largest absolute Gasteiger partial charge is 0.415 e. The molecule has 0 aliphatic rings. The number of alkyl halides is 2. The van der Waals surface area contributed by atoms with E-state index < -0.39 is 12.3 Å². The molecule has 0 aromatic carbocycles. The van der Waals surface area contributed by atoms with E-state index in [1.807, 2.05) is 6.07 Å². The van der Waals surface area contributed by atoms with Crippen LogP contribution in [0.3, 0.4) is 0 Å². The second kappa shape index (κ2) is 5.08. The Morgan fingerprint density at radius 3 is 2.40 bits per heavy atom. The SMILES string of the molecule is FC(F)c1nnc(-c2cnc(-c3cccnc3)nc2)o1. The summed E-state index contributed by atoms with van der Waals surface area (Å²) in [4.78, 5) is 12.2. The summed E-state index contributed by atoms with van der Waals surface area (Å²) >= 11 is 0. The smallest absolute Gasteiger partial charge is 0.314 e. The zero-order valence-electron chi connectivity index (χ0n) is 9.94. The average molecular weight is 275 g/mol. The molecule has 0 fully saturated rings. The van der Waals surface area contributed by atoms with Crippen LogP contribution in [0.25, 0.3) is 22.8 Å². The summed E-state index contributed by atoms with van der Waals surface area (Å²) in [5.41, 5.74) is 1.12. The monoisotopic (exact) mass is 275 g/mol. The first-order valence-electron chi connectivity index (χ1n) is 5.58. The zero-order valence-corrected chi connectivity index (χ0v) is 9.94. The number of pyridine rings is 1. The first-order valence-corrected chi connectivity index (χ1v) is 5.58. The van der Waals surface area contributed by atoms with E-state index in [0.29, 0.717) is 11.4 Å². The molecule has 0 aliphatic carbocycles. The van der Waals surface area contributed by atoms with E-state index in [0.717, 1.165) is 5.56 Å². The third-order valence-corrected chi connectivity index (χ3v) is 2.45. The maximum absolute atomic E-state index is 12.3. The molecule has 0 N–H and O–H groups in total. The van der Waals surface area contributed by atoms with E-state index in [1.54, 1.807) is 18.5 Å². The van der Waals surface area contributed by atoms with Crippen molar-refractivity contribution in [1.82, 2.24) is 25.1 Å². The summed E-state index contributed by atoms with van der Waals surface area (Å²) in [6.45, 7) is 0. The molecule has 0 bridgehead atoms. The highest BCUT2D eigenvalue weighted by Crippen LogP contribution is 2.23. The quantitative estimate of drug-likeness (QED) is 0.731. The van der Waals surface area contributed by atoms with Crippen LogP contribution >= 0.6 is 0 Å². The minimum absolute atomic E-state index is 0.0435. The molecule has 3 aromatic rings. The van der Waals surface area contributed by atoms with E-state index in [1.165, 1.54) is 12.4 Å². The summed E-state index contributed by atoms with van der Waals surface area (Å²) < 4.78 is 29.5. The fraction of sp³-hybridized carbons (Fsp3) is 0.0833. The van der Waals surface area contributed by atoms with Crippen LogP contribution in [0.4, 0.5) is 8.78 Å². The third kappa shape index (κ3) is 2.35. The average Bonchev–Trinajstić information content (AvgIpc) is 2.98. The fourth-order valence-corrected chi connectivity index (χ4v) is 1.52. The summed E-state index contributed by atoms with van der Waals surface area (Å²) in [6.07, 6.45) is 3.32. The van der Waals surface area contributed by atoms with Crippen LogP contribution in [-0.4, -0.2) is 25.1 Å². The summed E-state index contributed by atoms with van der Waals surface area (Å²) in [5, 5.41) is 6.76. The molecule has 0 spiro atoms. The molecule has 0 aliphatic heterocycles. The van der Waals surface area contributed by atoms with Crippen molar-refractivity contribution < 1.29 is 13.2 Å². The molecule has 100 valence electrons. The lowest BCUT2D eigenvalue weighted by atomic mass is 10.2. The molecule has 0 saturated carbocycles. The van der Waals surface area contributed by atoms with Gasteiger partial charge in [0.25, 0.3) is 11.8 Å². The molecule has 3 aromatic heterocycles. The Morgan fingerprint density at radius 2 is 1.80 bits per heavy atom. The van der Waals surface area contributed by atoms with Crippen LogP contribution in [-0.2, 0) is 0 Å². The van der Waals surface area contributed by atoms with Crippen LogP contribution in [0.1, 0.15) is 12.3 Å². The van der Waals surface area contributed by atoms with E-state index in [-0.39, 0.29) is 5.89 Å². The van der Waals surface area contributed by atoms with E-state index in [4.69, 9.17) is 4.42 Å². The Morgan fingerprint density at radius 1 is 1.00 bits per heavy atom. The highest BCUT2D eigenvalue weighted by molar-refractivity contribution is 5.56. The van der Waals surface area contributed by atoms with Crippen LogP contribution in [0.5, 0.6) is 0 Å². The second-order valence-electron chi connectivity index (χ2n) is 3.78. The number of hydrogen-bond donors (Lipinski definition) is 0. The van der Waals surface area contributed by atoms with Crippen LogP contribution < -0.4 is 0 Å². The molecule has 6 nitrogen and oxygen atoms in total. The van der Waals surface area contributed by atoms with Crippen LogP contribution in [0.2, 0.25) is 0 Å². The van der Waals surface area contributed by atoms with E-state index in [2.05, 4.69) is 25.1 Å². The van der Waals surface area contributed by atoms with Gasteiger partial charge >= 0.3 is 6.43 Å². The summed E-state index contributed by atoms with van der Waals surface area (Å²) in [5.74, 6) is -0.301. The predicted octanol–water partition coefficient (Wildman–Crippen LogP) is 2.53. The highest BCUT2D eigenvalue weighted by Gasteiger charge is 2.17. The minimum atomic E-state index is -2.80. The van der Waals surface area contributed by atoms with Crippen molar-refractivity contribution in [2.24, 2.45) is 0 Å². The van der Waals surface area contributed by atoms with Gasteiger partial charge in [-0.05, 0) is 12.1 Å². The Hall–Kier alpha value is -2.77. The normalized spacial score (nSPS) is 10.9. The van der Waals surface area contributed by atoms with Crippen molar-refractivity contribution in [3.8, 4) is 22.8 Å². The molecule has 3 heterocycles. The lowest BCUT2D eigenvalue weighted by molar-refractivity contribution is 0.116. The highest BCUT2D eigenvalue weighted by atomic mass is 19.3. The molecule has 0 atom stereocenters. The van der Waals surface area contributed by atoms with Crippen molar-refractivity contribution in [1.29, 1.82) is 0 Å². The van der Waals surface area contributed by atoms with Crippen molar-refractivity contribution in [2.75, 3.05) is 0 Å². The molecule has 20 heavy (non-hydrogen) atoms. The van der Waals surface area contributed by atoms with Crippen molar-refractivity contribution in [3.05, 3.63) is 42.8 Å². The molecule has 3 rings (SSSR count). The molecule has 0 amide bonds. The van der Waals surface area contributed by atoms with Gasteiger partial charge in [0.1, 0.15) is 0 Å². The summed E-state index contributed by atoms with van der Waals surface area (Å²) in [6, 6.07) is 3.57. The zero-order chi connectivity index (χ0) is 13.9. The maximum Gasteiger partial charge on any atom is 0.314 e. The van der Waals surface area contributed by atoms with Crippen molar-refractivity contribution >= 4 is 0 Å². The molecule has 0 radical (unpaired) electrons. The van der Waals surface area contributed by atoms with E-state index >= 15 is 0 Å². The Kier molecular flexibility index (Phi) is 3.12. The number of rotatable bonds is 3. The second-order valence-corrected chi connectivity index (χ2v) is 3.78. The van der Waals surface area contributed by atoms with Gasteiger partial charge in [-0.1, -0.05) is 0 Å². The third-order valence-electron chi connectivity index (χ3n) is 2.45. The summed E-state index contributed by atoms with van der Waals surface area (Å²) in [7, 11) is 0. The lowest BCUT2D eigenvalue weighted by Crippen LogP contribution is -1.90. The topological polar surface area (TPSA) is 77.6 Å².